The Morgan fingerprint density at radius 2 is 1.77 bits per heavy atom. The second kappa shape index (κ2) is 8.66. The number of rotatable bonds is 7. The molecule has 0 aliphatic carbocycles. The van der Waals surface area contributed by atoms with Crippen molar-refractivity contribution in [3.05, 3.63) is 81.1 Å². The molecule has 0 saturated carbocycles. The summed E-state index contributed by atoms with van der Waals surface area (Å²) in [4.78, 5) is 41.1. The predicted octanol–water partition coefficient (Wildman–Crippen LogP) is 0.490. The summed E-state index contributed by atoms with van der Waals surface area (Å²) >= 11 is 0. The summed E-state index contributed by atoms with van der Waals surface area (Å²) in [5.41, 5.74) is 0.0694. The van der Waals surface area contributed by atoms with E-state index < -0.39 is 27.2 Å². The lowest BCUT2D eigenvalue weighted by molar-refractivity contribution is 0.102. The molecule has 1 amide bonds. The fourth-order valence-corrected chi connectivity index (χ4v) is 4.02. The lowest BCUT2D eigenvalue weighted by Gasteiger charge is -2.09. The van der Waals surface area contributed by atoms with E-state index in [0.717, 1.165) is 4.57 Å². The summed E-state index contributed by atoms with van der Waals surface area (Å²) in [6, 6.07) is 9.17. The lowest BCUT2D eigenvalue weighted by atomic mass is 10.2. The molecule has 0 fully saturated rings. The number of aryl methyl sites for hydroxylation is 1. The van der Waals surface area contributed by atoms with Crippen LogP contribution in [0.4, 0.5) is 5.69 Å². The molecule has 2 heterocycles. The first-order valence-electron chi connectivity index (χ1n) is 9.18. The van der Waals surface area contributed by atoms with Gasteiger partial charge in [-0.25, -0.2) is 22.9 Å². The Labute approximate surface area is 177 Å². The number of fused-ring (bicyclic) bond motifs is 1. The zero-order valence-corrected chi connectivity index (χ0v) is 17.8. The number of sulfonamides is 1. The van der Waals surface area contributed by atoms with E-state index in [2.05, 4.69) is 21.6 Å². The van der Waals surface area contributed by atoms with Gasteiger partial charge >= 0.3 is 5.69 Å². The average molecular weight is 443 g/mol. The van der Waals surface area contributed by atoms with Crippen molar-refractivity contribution in [2.45, 2.75) is 5.75 Å². The molecule has 0 unspecified atom stereocenters. The minimum absolute atomic E-state index is 0.0241. The largest absolute Gasteiger partial charge is 0.332 e. The summed E-state index contributed by atoms with van der Waals surface area (Å²) in [5.74, 6) is -0.743. The van der Waals surface area contributed by atoms with Gasteiger partial charge in [-0.05, 0) is 29.8 Å². The number of benzene rings is 1. The van der Waals surface area contributed by atoms with Gasteiger partial charge in [0.05, 0.1) is 11.1 Å². The maximum Gasteiger partial charge on any atom is 0.332 e. The maximum atomic E-state index is 12.6. The van der Waals surface area contributed by atoms with E-state index >= 15 is 0 Å². The zero-order chi connectivity index (χ0) is 22.8. The molecule has 0 aliphatic rings. The Hall–Kier alpha value is -3.57. The van der Waals surface area contributed by atoms with Crippen molar-refractivity contribution in [2.24, 2.45) is 14.1 Å². The van der Waals surface area contributed by atoms with Crippen LogP contribution in [-0.4, -0.2) is 35.0 Å². The van der Waals surface area contributed by atoms with Gasteiger partial charge in [0, 0.05) is 26.3 Å². The molecular formula is C20H21N5O5S. The standard InChI is InChI=1S/C20H21N5O5S/c1-4-11-21-31(29,30)12-13-5-7-14(8-6-13)22-18(26)16-10-9-15-17(23-16)24(2)20(28)25(3)19(15)27/h4-10,21H,1,11-12H2,2-3H3,(H,22,26). The molecule has 3 aromatic rings. The van der Waals surface area contributed by atoms with Crippen LogP contribution in [0.2, 0.25) is 0 Å². The van der Waals surface area contributed by atoms with Crippen LogP contribution in [0, 0.1) is 0 Å². The highest BCUT2D eigenvalue weighted by Crippen LogP contribution is 2.14. The van der Waals surface area contributed by atoms with Gasteiger partial charge in [0.15, 0.2) is 0 Å². The minimum atomic E-state index is -3.48. The third-order valence-electron chi connectivity index (χ3n) is 4.55. The molecule has 162 valence electrons. The van der Waals surface area contributed by atoms with Crippen LogP contribution >= 0.6 is 0 Å². The smallest absolute Gasteiger partial charge is 0.321 e. The van der Waals surface area contributed by atoms with Gasteiger partial charge in [-0.1, -0.05) is 18.2 Å². The van der Waals surface area contributed by atoms with Crippen molar-refractivity contribution in [1.82, 2.24) is 18.8 Å². The van der Waals surface area contributed by atoms with E-state index in [0.29, 0.717) is 11.3 Å². The van der Waals surface area contributed by atoms with Gasteiger partial charge in [0.2, 0.25) is 10.0 Å². The van der Waals surface area contributed by atoms with Gasteiger partial charge in [-0.15, -0.1) is 6.58 Å². The van der Waals surface area contributed by atoms with Gasteiger partial charge < -0.3 is 5.32 Å². The fraction of sp³-hybridized carbons (Fsp3) is 0.200. The molecule has 0 spiro atoms. The van der Waals surface area contributed by atoms with Gasteiger partial charge in [-0.3, -0.25) is 18.7 Å². The molecule has 10 nitrogen and oxygen atoms in total. The molecule has 0 atom stereocenters. The molecule has 11 heteroatoms. The van der Waals surface area contributed by atoms with Gasteiger partial charge in [0.1, 0.15) is 11.3 Å². The predicted molar refractivity (Wildman–Crippen MR) is 117 cm³/mol. The summed E-state index contributed by atoms with van der Waals surface area (Å²) < 4.78 is 28.4. The minimum Gasteiger partial charge on any atom is -0.321 e. The van der Waals surface area contributed by atoms with Crippen molar-refractivity contribution < 1.29 is 13.2 Å². The topological polar surface area (TPSA) is 132 Å². The number of anilines is 1. The van der Waals surface area contributed by atoms with E-state index in [9.17, 15) is 22.8 Å². The van der Waals surface area contributed by atoms with E-state index in [1.165, 1.54) is 36.9 Å². The number of hydrogen-bond acceptors (Lipinski definition) is 6. The summed E-state index contributed by atoms with van der Waals surface area (Å²) in [6.07, 6.45) is 1.45. The first-order valence-corrected chi connectivity index (χ1v) is 10.8. The summed E-state index contributed by atoms with van der Waals surface area (Å²) in [7, 11) is -0.646. The summed E-state index contributed by atoms with van der Waals surface area (Å²) in [6.45, 7) is 3.61. The van der Waals surface area contributed by atoms with Crippen molar-refractivity contribution in [2.75, 3.05) is 11.9 Å². The number of nitrogens with one attached hydrogen (secondary N) is 2. The Balaban J connectivity index is 1.80. The third kappa shape index (κ3) is 4.78. The van der Waals surface area contributed by atoms with Gasteiger partial charge in [0.25, 0.3) is 11.5 Å². The average Bonchev–Trinajstić information content (AvgIpc) is 2.75. The Morgan fingerprint density at radius 3 is 2.42 bits per heavy atom. The van der Waals surface area contributed by atoms with E-state index in [-0.39, 0.29) is 29.0 Å². The van der Waals surface area contributed by atoms with Crippen LogP contribution in [-0.2, 0) is 29.9 Å². The number of pyridine rings is 1. The van der Waals surface area contributed by atoms with E-state index in [4.69, 9.17) is 0 Å². The third-order valence-corrected chi connectivity index (χ3v) is 5.87. The fourth-order valence-electron chi connectivity index (χ4n) is 2.92. The molecule has 0 bridgehead atoms. The second-order valence-electron chi connectivity index (χ2n) is 6.82. The number of amides is 1. The van der Waals surface area contributed by atoms with Crippen LogP contribution in [0.5, 0.6) is 0 Å². The van der Waals surface area contributed by atoms with Crippen LogP contribution in [0.3, 0.4) is 0 Å². The van der Waals surface area contributed by atoms with Gasteiger partial charge in [-0.2, -0.15) is 0 Å². The molecule has 0 saturated heterocycles. The molecule has 3 rings (SSSR count). The molecule has 0 radical (unpaired) electrons. The Bertz CT molecular complexity index is 1390. The zero-order valence-electron chi connectivity index (χ0n) is 17.0. The molecule has 2 N–H and O–H groups in total. The molecule has 0 aliphatic heterocycles. The highest BCUT2D eigenvalue weighted by atomic mass is 32.2. The lowest BCUT2D eigenvalue weighted by Crippen LogP contribution is -2.37. The quantitative estimate of drug-likeness (QED) is 0.511. The first kappa shape index (κ1) is 22.1. The summed E-state index contributed by atoms with van der Waals surface area (Å²) in [5, 5.41) is 2.88. The Morgan fingerprint density at radius 1 is 1.10 bits per heavy atom. The maximum absolute atomic E-state index is 12.6. The van der Waals surface area contributed by atoms with E-state index in [1.54, 1.807) is 24.3 Å². The van der Waals surface area contributed by atoms with Crippen LogP contribution in [0.15, 0.2) is 58.6 Å². The SMILES string of the molecule is C=CCNS(=O)(=O)Cc1ccc(NC(=O)c2ccc3c(=O)n(C)c(=O)n(C)c3n2)cc1. The van der Waals surface area contributed by atoms with Crippen molar-refractivity contribution in [1.29, 1.82) is 0 Å². The van der Waals surface area contributed by atoms with Crippen LogP contribution in [0.25, 0.3) is 11.0 Å². The Kier molecular flexibility index (Phi) is 6.18. The molecular weight excluding hydrogens is 422 g/mol. The van der Waals surface area contributed by atoms with Crippen molar-refractivity contribution in [3.8, 4) is 0 Å². The molecule has 31 heavy (non-hydrogen) atoms. The monoisotopic (exact) mass is 443 g/mol. The second-order valence-corrected chi connectivity index (χ2v) is 8.63. The van der Waals surface area contributed by atoms with Crippen molar-refractivity contribution in [3.63, 3.8) is 0 Å². The van der Waals surface area contributed by atoms with Crippen LogP contribution in [0.1, 0.15) is 16.1 Å². The highest BCUT2D eigenvalue weighted by molar-refractivity contribution is 7.88. The first-order chi connectivity index (χ1) is 14.6. The number of nitrogens with zero attached hydrogens (tertiary/aromatic N) is 3. The number of carbonyl (C=O) groups excluding carboxylic acids is 1. The normalized spacial score (nSPS) is 11.4. The molecule has 1 aromatic carbocycles. The van der Waals surface area contributed by atoms with Crippen LogP contribution < -0.4 is 21.3 Å². The highest BCUT2D eigenvalue weighted by Gasteiger charge is 2.15. The van der Waals surface area contributed by atoms with E-state index in [1.807, 2.05) is 0 Å². The number of carbonyl (C=O) groups is 1. The number of aromatic nitrogens is 3. The number of hydrogen-bond donors (Lipinski definition) is 2. The van der Waals surface area contributed by atoms with Crippen molar-refractivity contribution >= 4 is 32.7 Å². The molecule has 2 aromatic heterocycles.